The van der Waals surface area contributed by atoms with Gasteiger partial charge in [0, 0.05) is 37.9 Å². The Hall–Kier alpha value is -1.29. The molecule has 21 heavy (non-hydrogen) atoms. The second-order valence-electron chi connectivity index (χ2n) is 6.24. The van der Waals surface area contributed by atoms with Crippen LogP contribution in [0.15, 0.2) is 24.3 Å². The van der Waals surface area contributed by atoms with E-state index in [2.05, 4.69) is 46.3 Å². The largest absolute Gasteiger partial charge is 0.368 e. The van der Waals surface area contributed by atoms with Gasteiger partial charge < -0.3 is 15.1 Å². The molecule has 1 N–H and O–H groups in total. The first-order valence-corrected chi connectivity index (χ1v) is 8.50. The Morgan fingerprint density at radius 1 is 1.14 bits per heavy atom. The highest BCUT2D eigenvalue weighted by Crippen LogP contribution is 2.20. The summed E-state index contributed by atoms with van der Waals surface area (Å²) in [7, 11) is 0. The number of nitrogens with zero attached hydrogens (tertiary/aromatic N) is 2. The number of nitrogens with one attached hydrogen (secondary N) is 1. The smallest absolute Gasteiger partial charge is 0.169 e. The Morgan fingerprint density at radius 2 is 1.86 bits per heavy atom. The van der Waals surface area contributed by atoms with Crippen molar-refractivity contribution in [1.82, 2.24) is 10.2 Å². The molecule has 0 unspecified atom stereocenters. The number of benzene rings is 1. The normalized spacial score (nSPS) is 19.9. The minimum atomic E-state index is 0.618. The predicted molar refractivity (Wildman–Crippen MR) is 93.0 cm³/mol. The standard InChI is InChI=1S/C17H25N3S/c1-14-5-4-8-16(13-14)19-9-11-20(12-10-19)17(21)18-15-6-2-3-7-15/h4-5,8,13,15H,2-3,6-7,9-12H2,1H3,(H,18,21). The van der Waals surface area contributed by atoms with Gasteiger partial charge in [0.05, 0.1) is 0 Å². The van der Waals surface area contributed by atoms with E-state index in [0.717, 1.165) is 31.3 Å². The minimum Gasteiger partial charge on any atom is -0.368 e. The van der Waals surface area contributed by atoms with E-state index in [4.69, 9.17) is 12.2 Å². The number of rotatable bonds is 2. The third kappa shape index (κ3) is 3.67. The van der Waals surface area contributed by atoms with Crippen molar-refractivity contribution >= 4 is 23.0 Å². The Labute approximate surface area is 133 Å². The van der Waals surface area contributed by atoms with Crippen LogP contribution in [0.1, 0.15) is 31.2 Å². The van der Waals surface area contributed by atoms with Crippen molar-refractivity contribution in [2.75, 3.05) is 31.1 Å². The average molecular weight is 303 g/mol. The van der Waals surface area contributed by atoms with Gasteiger partial charge in [-0.1, -0.05) is 25.0 Å². The van der Waals surface area contributed by atoms with E-state index >= 15 is 0 Å². The second kappa shape index (κ2) is 6.65. The minimum absolute atomic E-state index is 0.618. The Kier molecular flexibility index (Phi) is 4.63. The third-order valence-electron chi connectivity index (χ3n) is 4.62. The SMILES string of the molecule is Cc1cccc(N2CCN(C(=S)NC3CCCC3)CC2)c1. The first kappa shape index (κ1) is 14.6. The fourth-order valence-corrected chi connectivity index (χ4v) is 3.68. The van der Waals surface area contributed by atoms with Crippen LogP contribution < -0.4 is 10.2 Å². The van der Waals surface area contributed by atoms with Crippen molar-refractivity contribution in [3.05, 3.63) is 29.8 Å². The summed E-state index contributed by atoms with van der Waals surface area (Å²) < 4.78 is 0. The van der Waals surface area contributed by atoms with Gasteiger partial charge in [-0.15, -0.1) is 0 Å². The van der Waals surface area contributed by atoms with Gasteiger partial charge >= 0.3 is 0 Å². The fraction of sp³-hybridized carbons (Fsp3) is 0.588. The maximum absolute atomic E-state index is 5.58. The van der Waals surface area contributed by atoms with E-state index in [0.29, 0.717) is 6.04 Å². The van der Waals surface area contributed by atoms with Crippen LogP contribution in [0.4, 0.5) is 5.69 Å². The van der Waals surface area contributed by atoms with Crippen LogP contribution in [0, 0.1) is 6.92 Å². The van der Waals surface area contributed by atoms with Gasteiger partial charge in [-0.2, -0.15) is 0 Å². The predicted octanol–water partition coefficient (Wildman–Crippen LogP) is 2.93. The van der Waals surface area contributed by atoms with Crippen LogP contribution in [0.25, 0.3) is 0 Å². The van der Waals surface area contributed by atoms with Crippen LogP contribution >= 0.6 is 12.2 Å². The summed E-state index contributed by atoms with van der Waals surface area (Å²) in [6.07, 6.45) is 5.26. The summed E-state index contributed by atoms with van der Waals surface area (Å²) in [5.41, 5.74) is 2.66. The summed E-state index contributed by atoms with van der Waals surface area (Å²) >= 11 is 5.58. The van der Waals surface area contributed by atoms with Gasteiger partial charge in [0.2, 0.25) is 0 Å². The molecule has 1 saturated carbocycles. The zero-order valence-electron chi connectivity index (χ0n) is 12.8. The Balaban J connectivity index is 1.51. The average Bonchev–Trinajstić information content (AvgIpc) is 3.00. The summed E-state index contributed by atoms with van der Waals surface area (Å²) in [6, 6.07) is 9.39. The molecule has 0 bridgehead atoms. The first-order chi connectivity index (χ1) is 10.2. The van der Waals surface area contributed by atoms with Gasteiger partial charge in [-0.25, -0.2) is 0 Å². The summed E-state index contributed by atoms with van der Waals surface area (Å²) in [4.78, 5) is 4.79. The fourth-order valence-electron chi connectivity index (χ4n) is 3.33. The van der Waals surface area contributed by atoms with Crippen LogP contribution in [-0.2, 0) is 0 Å². The lowest BCUT2D eigenvalue weighted by molar-refractivity contribution is 0.374. The van der Waals surface area contributed by atoms with E-state index in [1.165, 1.54) is 36.9 Å². The molecule has 114 valence electrons. The van der Waals surface area contributed by atoms with Crippen molar-refractivity contribution in [2.45, 2.75) is 38.6 Å². The molecule has 4 heteroatoms. The molecule has 0 amide bonds. The molecule has 1 aromatic rings. The highest BCUT2D eigenvalue weighted by Gasteiger charge is 2.22. The molecule has 2 aliphatic rings. The number of piperazine rings is 1. The Morgan fingerprint density at radius 3 is 2.52 bits per heavy atom. The van der Waals surface area contributed by atoms with Gasteiger partial charge in [-0.3, -0.25) is 0 Å². The molecule has 1 aliphatic carbocycles. The van der Waals surface area contributed by atoms with E-state index in [-0.39, 0.29) is 0 Å². The van der Waals surface area contributed by atoms with Crippen LogP contribution in [-0.4, -0.2) is 42.2 Å². The van der Waals surface area contributed by atoms with Crippen LogP contribution in [0.3, 0.4) is 0 Å². The molecule has 2 fully saturated rings. The third-order valence-corrected chi connectivity index (χ3v) is 4.99. The molecule has 1 aliphatic heterocycles. The van der Waals surface area contributed by atoms with Crippen molar-refractivity contribution in [3.63, 3.8) is 0 Å². The van der Waals surface area contributed by atoms with E-state index in [1.54, 1.807) is 0 Å². The number of hydrogen-bond donors (Lipinski definition) is 1. The van der Waals surface area contributed by atoms with Gasteiger partial charge in [0.1, 0.15) is 0 Å². The quantitative estimate of drug-likeness (QED) is 0.846. The van der Waals surface area contributed by atoms with Crippen LogP contribution in [0.2, 0.25) is 0 Å². The maximum Gasteiger partial charge on any atom is 0.169 e. The molecule has 0 radical (unpaired) electrons. The molecule has 3 rings (SSSR count). The van der Waals surface area contributed by atoms with E-state index in [9.17, 15) is 0 Å². The van der Waals surface area contributed by atoms with Crippen molar-refractivity contribution in [3.8, 4) is 0 Å². The molecule has 0 spiro atoms. The maximum atomic E-state index is 5.58. The van der Waals surface area contributed by atoms with Crippen LogP contribution in [0.5, 0.6) is 0 Å². The summed E-state index contributed by atoms with van der Waals surface area (Å²) in [5.74, 6) is 0. The topological polar surface area (TPSA) is 18.5 Å². The highest BCUT2D eigenvalue weighted by atomic mass is 32.1. The molecular weight excluding hydrogens is 278 g/mol. The number of thiocarbonyl (C=S) groups is 1. The number of anilines is 1. The number of aryl methyl sites for hydroxylation is 1. The van der Waals surface area contributed by atoms with Crippen molar-refractivity contribution < 1.29 is 0 Å². The van der Waals surface area contributed by atoms with E-state index < -0.39 is 0 Å². The number of hydrogen-bond acceptors (Lipinski definition) is 2. The first-order valence-electron chi connectivity index (χ1n) is 8.09. The molecule has 1 aromatic carbocycles. The molecule has 1 saturated heterocycles. The van der Waals surface area contributed by atoms with Crippen molar-refractivity contribution in [2.24, 2.45) is 0 Å². The van der Waals surface area contributed by atoms with Gasteiger partial charge in [0.15, 0.2) is 5.11 Å². The second-order valence-corrected chi connectivity index (χ2v) is 6.63. The summed E-state index contributed by atoms with van der Waals surface area (Å²) in [5, 5.41) is 4.51. The molecule has 0 atom stereocenters. The lowest BCUT2D eigenvalue weighted by Crippen LogP contribution is -2.53. The van der Waals surface area contributed by atoms with Crippen molar-refractivity contribution in [1.29, 1.82) is 0 Å². The zero-order valence-corrected chi connectivity index (χ0v) is 13.7. The van der Waals surface area contributed by atoms with Gasteiger partial charge in [-0.05, 0) is 49.7 Å². The highest BCUT2D eigenvalue weighted by molar-refractivity contribution is 7.80. The monoisotopic (exact) mass is 303 g/mol. The Bertz CT molecular complexity index is 489. The zero-order chi connectivity index (χ0) is 14.7. The lowest BCUT2D eigenvalue weighted by Gasteiger charge is -2.38. The van der Waals surface area contributed by atoms with Gasteiger partial charge in [0.25, 0.3) is 0 Å². The molecular formula is C17H25N3S. The molecule has 0 aromatic heterocycles. The summed E-state index contributed by atoms with van der Waals surface area (Å²) in [6.45, 7) is 6.30. The lowest BCUT2D eigenvalue weighted by atomic mass is 10.2. The molecule has 1 heterocycles. The molecule has 3 nitrogen and oxygen atoms in total. The van der Waals surface area contributed by atoms with E-state index in [1.807, 2.05) is 0 Å².